The maximum absolute atomic E-state index is 10.4. The van der Waals surface area contributed by atoms with Crippen molar-refractivity contribution in [3.63, 3.8) is 0 Å². The first kappa shape index (κ1) is 10.1. The van der Waals surface area contributed by atoms with Crippen molar-refractivity contribution in [3.8, 4) is 0 Å². The Balaban J connectivity index is 2.81. The average Bonchev–Trinajstić information content (AvgIpc) is 2.52. The minimum atomic E-state index is -1.21. The van der Waals surface area contributed by atoms with Crippen molar-refractivity contribution < 1.29 is 14.8 Å². The average molecular weight is 200 g/mol. The first-order chi connectivity index (χ1) is 6.52. The lowest BCUT2D eigenvalue weighted by Crippen LogP contribution is -2.32. The van der Waals surface area contributed by atoms with Gasteiger partial charge in [-0.3, -0.25) is 20.0 Å². The lowest BCUT2D eigenvalue weighted by molar-refractivity contribution is -0.385. The summed E-state index contributed by atoms with van der Waals surface area (Å²) in [6.45, 7) is 0. The predicted molar refractivity (Wildman–Crippen MR) is 44.6 cm³/mol. The molecular weight excluding hydrogens is 192 g/mol. The summed E-state index contributed by atoms with van der Waals surface area (Å²) in [4.78, 5) is 20.1. The van der Waals surface area contributed by atoms with Gasteiger partial charge in [0.25, 0.3) is 0 Å². The zero-order valence-corrected chi connectivity index (χ0v) is 7.01. The lowest BCUT2D eigenvalue weighted by Gasteiger charge is -2.02. The van der Waals surface area contributed by atoms with Crippen LogP contribution in [-0.2, 0) is 11.2 Å². The summed E-state index contributed by atoms with van der Waals surface area (Å²) < 4.78 is 0. The van der Waals surface area contributed by atoms with E-state index in [0.29, 0.717) is 0 Å². The van der Waals surface area contributed by atoms with Crippen LogP contribution in [0.25, 0.3) is 0 Å². The lowest BCUT2D eigenvalue weighted by atomic mass is 10.1. The first-order valence-corrected chi connectivity index (χ1v) is 3.67. The van der Waals surface area contributed by atoms with Crippen molar-refractivity contribution in [1.82, 2.24) is 10.2 Å². The second-order valence-corrected chi connectivity index (χ2v) is 2.64. The SMILES string of the molecule is NC(Cc1[nH]ncc1[N+](=O)[O-])C(=O)O. The van der Waals surface area contributed by atoms with Crippen LogP contribution in [0.3, 0.4) is 0 Å². The quantitative estimate of drug-likeness (QED) is 0.433. The molecule has 76 valence electrons. The molecule has 0 saturated heterocycles. The smallest absolute Gasteiger partial charge is 0.320 e. The summed E-state index contributed by atoms with van der Waals surface area (Å²) in [6.07, 6.45) is 0.871. The highest BCUT2D eigenvalue weighted by Crippen LogP contribution is 2.15. The van der Waals surface area contributed by atoms with Crippen molar-refractivity contribution in [2.24, 2.45) is 5.73 Å². The molecular formula is C6H8N4O4. The van der Waals surface area contributed by atoms with Gasteiger partial charge in [0.2, 0.25) is 0 Å². The summed E-state index contributed by atoms with van der Waals surface area (Å²) in [7, 11) is 0. The molecule has 1 heterocycles. The number of nitrogens with two attached hydrogens (primary N) is 1. The number of hydrogen-bond donors (Lipinski definition) is 3. The Morgan fingerprint density at radius 1 is 1.86 bits per heavy atom. The van der Waals surface area contributed by atoms with E-state index >= 15 is 0 Å². The van der Waals surface area contributed by atoms with Gasteiger partial charge in [0, 0.05) is 6.42 Å². The van der Waals surface area contributed by atoms with Crippen LogP contribution in [0.2, 0.25) is 0 Å². The topological polar surface area (TPSA) is 135 Å². The molecule has 1 aromatic heterocycles. The van der Waals surface area contributed by atoms with Gasteiger partial charge < -0.3 is 10.8 Å². The molecule has 4 N–H and O–H groups in total. The van der Waals surface area contributed by atoms with Crippen molar-refractivity contribution in [2.75, 3.05) is 0 Å². The maximum Gasteiger partial charge on any atom is 0.320 e. The van der Waals surface area contributed by atoms with Crippen LogP contribution >= 0.6 is 0 Å². The largest absolute Gasteiger partial charge is 0.480 e. The molecule has 8 heteroatoms. The molecule has 0 aliphatic rings. The molecule has 0 aliphatic heterocycles. The van der Waals surface area contributed by atoms with Crippen molar-refractivity contribution >= 4 is 11.7 Å². The fraction of sp³-hybridized carbons (Fsp3) is 0.333. The molecule has 8 nitrogen and oxygen atoms in total. The predicted octanol–water partition coefficient (Wildman–Crippen LogP) is -0.728. The zero-order valence-electron chi connectivity index (χ0n) is 7.01. The minimum absolute atomic E-state index is 0.116. The maximum atomic E-state index is 10.4. The molecule has 1 unspecified atom stereocenters. The number of nitrogens with one attached hydrogen (secondary N) is 1. The van der Waals surface area contributed by atoms with Gasteiger partial charge in [-0.2, -0.15) is 5.10 Å². The van der Waals surface area contributed by atoms with E-state index in [1.54, 1.807) is 0 Å². The molecule has 0 amide bonds. The number of carboxylic acids is 1. The van der Waals surface area contributed by atoms with Gasteiger partial charge in [0.1, 0.15) is 17.9 Å². The normalized spacial score (nSPS) is 12.4. The number of aromatic amines is 1. The third-order valence-electron chi connectivity index (χ3n) is 1.63. The minimum Gasteiger partial charge on any atom is -0.480 e. The van der Waals surface area contributed by atoms with E-state index in [2.05, 4.69) is 10.2 Å². The van der Waals surface area contributed by atoms with Gasteiger partial charge in [-0.25, -0.2) is 0 Å². The number of aromatic nitrogens is 2. The van der Waals surface area contributed by atoms with Crippen LogP contribution in [0, 0.1) is 10.1 Å². The van der Waals surface area contributed by atoms with E-state index in [9.17, 15) is 14.9 Å². The van der Waals surface area contributed by atoms with Crippen LogP contribution in [-0.4, -0.2) is 32.2 Å². The molecule has 0 aliphatic carbocycles. The van der Waals surface area contributed by atoms with Gasteiger partial charge >= 0.3 is 11.7 Å². The second kappa shape index (κ2) is 3.83. The highest BCUT2D eigenvalue weighted by atomic mass is 16.6. The Bertz CT molecular complexity index is 360. The number of aliphatic carboxylic acids is 1. The third kappa shape index (κ3) is 2.04. The molecule has 14 heavy (non-hydrogen) atoms. The number of nitrogens with zero attached hydrogens (tertiary/aromatic N) is 2. The molecule has 0 aromatic carbocycles. The molecule has 1 aromatic rings. The zero-order chi connectivity index (χ0) is 10.7. The summed E-state index contributed by atoms with van der Waals surface area (Å²) in [6, 6.07) is -1.17. The van der Waals surface area contributed by atoms with Crippen LogP contribution in [0.1, 0.15) is 5.69 Å². The fourth-order valence-electron chi connectivity index (χ4n) is 0.921. The fourth-order valence-corrected chi connectivity index (χ4v) is 0.921. The van der Waals surface area contributed by atoms with E-state index in [0.717, 1.165) is 6.20 Å². The molecule has 0 fully saturated rings. The van der Waals surface area contributed by atoms with Crippen molar-refractivity contribution in [1.29, 1.82) is 0 Å². The van der Waals surface area contributed by atoms with Crippen LogP contribution in [0.15, 0.2) is 6.20 Å². The van der Waals surface area contributed by atoms with Crippen LogP contribution < -0.4 is 5.73 Å². The number of nitro groups is 1. The van der Waals surface area contributed by atoms with E-state index in [-0.39, 0.29) is 17.8 Å². The Hall–Kier alpha value is -1.96. The number of rotatable bonds is 4. The molecule has 0 bridgehead atoms. The standard InChI is InChI=1S/C6H8N4O4/c7-3(6(11)12)1-4-5(10(13)14)2-8-9-4/h2-3H,1,7H2,(H,8,9)(H,11,12). The molecule has 1 rings (SSSR count). The summed E-state index contributed by atoms with van der Waals surface area (Å²) in [5, 5.41) is 24.7. The number of carboxylic acid groups (broad SMARTS) is 1. The Morgan fingerprint density at radius 3 is 3.00 bits per heavy atom. The van der Waals surface area contributed by atoms with E-state index < -0.39 is 16.9 Å². The van der Waals surface area contributed by atoms with Crippen molar-refractivity contribution in [3.05, 3.63) is 22.0 Å². The Labute approximate surface area is 77.9 Å². The van der Waals surface area contributed by atoms with Gasteiger partial charge in [-0.05, 0) is 0 Å². The highest BCUT2D eigenvalue weighted by molar-refractivity contribution is 5.73. The molecule has 1 atom stereocenters. The first-order valence-electron chi connectivity index (χ1n) is 3.67. The van der Waals surface area contributed by atoms with E-state index in [1.807, 2.05) is 0 Å². The monoisotopic (exact) mass is 200 g/mol. The third-order valence-corrected chi connectivity index (χ3v) is 1.63. The van der Waals surface area contributed by atoms with Gasteiger partial charge in [0.05, 0.1) is 4.92 Å². The Morgan fingerprint density at radius 2 is 2.50 bits per heavy atom. The molecule has 0 spiro atoms. The van der Waals surface area contributed by atoms with Crippen LogP contribution in [0.4, 0.5) is 5.69 Å². The molecule has 0 saturated carbocycles. The van der Waals surface area contributed by atoms with Crippen molar-refractivity contribution in [2.45, 2.75) is 12.5 Å². The number of carbonyl (C=O) groups is 1. The summed E-state index contributed by atoms with van der Waals surface area (Å²) in [5.41, 5.74) is 5.07. The number of hydrogen-bond acceptors (Lipinski definition) is 5. The second-order valence-electron chi connectivity index (χ2n) is 2.64. The van der Waals surface area contributed by atoms with Gasteiger partial charge in [0.15, 0.2) is 0 Å². The highest BCUT2D eigenvalue weighted by Gasteiger charge is 2.21. The summed E-state index contributed by atoms with van der Waals surface area (Å²) >= 11 is 0. The summed E-state index contributed by atoms with van der Waals surface area (Å²) in [5.74, 6) is -1.21. The van der Waals surface area contributed by atoms with Crippen LogP contribution in [0.5, 0.6) is 0 Å². The van der Waals surface area contributed by atoms with Gasteiger partial charge in [-0.15, -0.1) is 0 Å². The van der Waals surface area contributed by atoms with E-state index in [1.165, 1.54) is 0 Å². The van der Waals surface area contributed by atoms with E-state index in [4.69, 9.17) is 10.8 Å². The molecule has 0 radical (unpaired) electrons. The Kier molecular flexibility index (Phi) is 2.77. The number of H-pyrrole nitrogens is 1. The van der Waals surface area contributed by atoms with Gasteiger partial charge in [-0.1, -0.05) is 0 Å².